The predicted molar refractivity (Wildman–Crippen MR) is 95.5 cm³/mol. The summed E-state index contributed by atoms with van der Waals surface area (Å²) in [5.74, 6) is -0.576. The summed E-state index contributed by atoms with van der Waals surface area (Å²) in [6.45, 7) is 0.652. The van der Waals surface area contributed by atoms with Gasteiger partial charge in [-0.3, -0.25) is 9.59 Å². The maximum Gasteiger partial charge on any atom is 0.257 e. The van der Waals surface area contributed by atoms with Crippen molar-refractivity contribution < 1.29 is 23.5 Å². The Morgan fingerprint density at radius 3 is 2.65 bits per heavy atom. The summed E-state index contributed by atoms with van der Waals surface area (Å²) < 4.78 is 24.8. The fourth-order valence-corrected chi connectivity index (χ4v) is 2.90. The van der Waals surface area contributed by atoms with E-state index in [1.807, 2.05) is 0 Å². The van der Waals surface area contributed by atoms with Crippen LogP contribution in [0, 0.1) is 5.82 Å². The van der Waals surface area contributed by atoms with Crippen LogP contribution in [0.2, 0.25) is 0 Å². The molecule has 26 heavy (non-hydrogen) atoms. The molecule has 136 valence electrons. The second-order valence-electron chi connectivity index (χ2n) is 5.71. The van der Waals surface area contributed by atoms with Crippen LogP contribution < -0.4 is 10.5 Å². The summed E-state index contributed by atoms with van der Waals surface area (Å²) in [5.41, 5.74) is 5.59. The zero-order valence-corrected chi connectivity index (χ0v) is 15.2. The van der Waals surface area contributed by atoms with Crippen molar-refractivity contribution in [3.63, 3.8) is 0 Å². The van der Waals surface area contributed by atoms with E-state index in [1.54, 1.807) is 18.2 Å². The Labute approximate surface area is 157 Å². The minimum atomic E-state index is -0.829. The topological polar surface area (TPSA) is 81.9 Å². The third kappa shape index (κ3) is 4.20. The van der Waals surface area contributed by atoms with Crippen LogP contribution in [0.5, 0.6) is 11.5 Å². The molecule has 3 rings (SSSR count). The molecule has 0 aliphatic carbocycles. The van der Waals surface area contributed by atoms with Crippen LogP contribution in [0.3, 0.4) is 0 Å². The highest BCUT2D eigenvalue weighted by Gasteiger charge is 2.29. The molecular formula is C18H16BrFN2O4. The maximum atomic E-state index is 13.1. The number of benzene rings is 2. The molecule has 0 radical (unpaired) electrons. The number of morpholine rings is 1. The number of carbonyl (C=O) groups is 2. The van der Waals surface area contributed by atoms with Gasteiger partial charge in [-0.2, -0.15) is 0 Å². The summed E-state index contributed by atoms with van der Waals surface area (Å²) >= 11 is 3.35. The van der Waals surface area contributed by atoms with Gasteiger partial charge in [-0.05, 0) is 42.5 Å². The lowest BCUT2D eigenvalue weighted by atomic mass is 10.1. The van der Waals surface area contributed by atoms with E-state index in [4.69, 9.17) is 15.2 Å². The second kappa shape index (κ2) is 7.84. The van der Waals surface area contributed by atoms with Gasteiger partial charge >= 0.3 is 0 Å². The second-order valence-corrected chi connectivity index (χ2v) is 6.63. The van der Waals surface area contributed by atoms with E-state index in [-0.39, 0.29) is 24.9 Å². The van der Waals surface area contributed by atoms with Crippen molar-refractivity contribution in [3.05, 3.63) is 58.3 Å². The third-order valence-corrected chi connectivity index (χ3v) is 4.38. The van der Waals surface area contributed by atoms with Crippen LogP contribution in [0.1, 0.15) is 10.4 Å². The molecule has 0 aromatic heterocycles. The van der Waals surface area contributed by atoms with E-state index < -0.39 is 12.0 Å². The number of ether oxygens (including phenoxy) is 2. The summed E-state index contributed by atoms with van der Waals surface area (Å²) in [5, 5.41) is 0. The van der Waals surface area contributed by atoms with Crippen molar-refractivity contribution in [1.82, 2.24) is 4.90 Å². The van der Waals surface area contributed by atoms with Crippen LogP contribution in [0.4, 0.5) is 4.39 Å². The standard InChI is InChI=1S/C18H16BrFN2O4/c19-11-1-6-14(15(9-11)26-13-4-2-12(20)3-5-13)18(24)22-7-8-25-16(10-22)17(21)23/h1-6,9,16H,7-8,10H2,(H2,21,23). The molecule has 2 amide bonds. The van der Waals surface area contributed by atoms with E-state index >= 15 is 0 Å². The average Bonchev–Trinajstić information content (AvgIpc) is 2.63. The van der Waals surface area contributed by atoms with Gasteiger partial charge in [0.25, 0.3) is 5.91 Å². The van der Waals surface area contributed by atoms with Crippen LogP contribution in [0.25, 0.3) is 0 Å². The summed E-state index contributed by atoms with van der Waals surface area (Å²) in [7, 11) is 0. The Morgan fingerprint density at radius 2 is 1.96 bits per heavy atom. The van der Waals surface area contributed by atoms with Gasteiger partial charge in [-0.25, -0.2) is 4.39 Å². The quantitative estimate of drug-likeness (QED) is 0.820. The lowest BCUT2D eigenvalue weighted by Gasteiger charge is -2.31. The number of primary amides is 1. The van der Waals surface area contributed by atoms with Crippen molar-refractivity contribution in [2.45, 2.75) is 6.10 Å². The van der Waals surface area contributed by atoms with E-state index in [0.29, 0.717) is 23.6 Å². The molecule has 2 aromatic carbocycles. The van der Waals surface area contributed by atoms with Crippen molar-refractivity contribution >= 4 is 27.7 Å². The van der Waals surface area contributed by atoms with Crippen LogP contribution in [0.15, 0.2) is 46.9 Å². The predicted octanol–water partition coefficient (Wildman–Crippen LogP) is 2.71. The molecule has 2 N–H and O–H groups in total. The number of nitrogens with zero attached hydrogens (tertiary/aromatic N) is 1. The minimum Gasteiger partial charge on any atom is -0.456 e. The first-order chi connectivity index (χ1) is 12.4. The number of nitrogens with two attached hydrogens (primary N) is 1. The Kier molecular flexibility index (Phi) is 5.53. The Morgan fingerprint density at radius 1 is 1.23 bits per heavy atom. The number of hydrogen-bond donors (Lipinski definition) is 1. The number of hydrogen-bond acceptors (Lipinski definition) is 4. The Bertz CT molecular complexity index is 828. The molecular weight excluding hydrogens is 407 g/mol. The van der Waals surface area contributed by atoms with Crippen molar-refractivity contribution in [2.24, 2.45) is 5.73 Å². The molecule has 1 unspecified atom stereocenters. The number of rotatable bonds is 4. The van der Waals surface area contributed by atoms with Gasteiger partial charge in [0, 0.05) is 11.0 Å². The smallest absolute Gasteiger partial charge is 0.257 e. The minimum absolute atomic E-state index is 0.0836. The van der Waals surface area contributed by atoms with Crippen LogP contribution in [-0.4, -0.2) is 42.5 Å². The fraction of sp³-hybridized carbons (Fsp3) is 0.222. The molecule has 0 spiro atoms. The molecule has 1 aliphatic heterocycles. The van der Waals surface area contributed by atoms with Gasteiger partial charge in [0.15, 0.2) is 6.10 Å². The third-order valence-electron chi connectivity index (χ3n) is 3.89. The maximum absolute atomic E-state index is 13.1. The first-order valence-corrected chi connectivity index (χ1v) is 8.66. The monoisotopic (exact) mass is 422 g/mol. The SMILES string of the molecule is NC(=O)C1CN(C(=O)c2ccc(Br)cc2Oc2ccc(F)cc2)CCO1. The average molecular weight is 423 g/mol. The van der Waals surface area contributed by atoms with E-state index in [2.05, 4.69) is 15.9 Å². The van der Waals surface area contributed by atoms with Gasteiger partial charge in [-0.1, -0.05) is 15.9 Å². The molecule has 1 saturated heterocycles. The zero-order chi connectivity index (χ0) is 18.7. The lowest BCUT2D eigenvalue weighted by Crippen LogP contribution is -2.50. The lowest BCUT2D eigenvalue weighted by molar-refractivity contribution is -0.133. The van der Waals surface area contributed by atoms with E-state index in [9.17, 15) is 14.0 Å². The van der Waals surface area contributed by atoms with Crippen LogP contribution in [-0.2, 0) is 9.53 Å². The summed E-state index contributed by atoms with van der Waals surface area (Å²) in [6.07, 6.45) is -0.829. The van der Waals surface area contributed by atoms with Gasteiger partial charge in [0.1, 0.15) is 17.3 Å². The van der Waals surface area contributed by atoms with Crippen molar-refractivity contribution in [3.8, 4) is 11.5 Å². The number of carbonyl (C=O) groups excluding carboxylic acids is 2. The fourth-order valence-electron chi connectivity index (χ4n) is 2.56. The zero-order valence-electron chi connectivity index (χ0n) is 13.7. The molecule has 8 heteroatoms. The first kappa shape index (κ1) is 18.3. The molecule has 1 aliphatic rings. The van der Waals surface area contributed by atoms with E-state index in [1.165, 1.54) is 29.2 Å². The normalized spacial score (nSPS) is 17.0. The highest BCUT2D eigenvalue weighted by atomic mass is 79.9. The number of amides is 2. The highest BCUT2D eigenvalue weighted by molar-refractivity contribution is 9.10. The molecule has 1 atom stereocenters. The molecule has 2 aromatic rings. The molecule has 1 fully saturated rings. The van der Waals surface area contributed by atoms with E-state index in [0.717, 1.165) is 4.47 Å². The summed E-state index contributed by atoms with van der Waals surface area (Å²) in [6, 6.07) is 10.5. The van der Waals surface area contributed by atoms with Gasteiger partial charge in [-0.15, -0.1) is 0 Å². The molecule has 0 bridgehead atoms. The number of halogens is 2. The van der Waals surface area contributed by atoms with Gasteiger partial charge in [0.2, 0.25) is 5.91 Å². The summed E-state index contributed by atoms with van der Waals surface area (Å²) in [4.78, 5) is 25.7. The van der Waals surface area contributed by atoms with Crippen molar-refractivity contribution in [2.75, 3.05) is 19.7 Å². The van der Waals surface area contributed by atoms with Crippen LogP contribution >= 0.6 is 15.9 Å². The Balaban J connectivity index is 1.85. The van der Waals surface area contributed by atoms with Gasteiger partial charge in [0.05, 0.1) is 18.7 Å². The molecule has 0 saturated carbocycles. The highest BCUT2D eigenvalue weighted by Crippen LogP contribution is 2.30. The molecule has 1 heterocycles. The first-order valence-electron chi connectivity index (χ1n) is 7.87. The largest absolute Gasteiger partial charge is 0.456 e. The van der Waals surface area contributed by atoms with Gasteiger partial charge < -0.3 is 20.1 Å². The molecule has 6 nitrogen and oxygen atoms in total. The van der Waals surface area contributed by atoms with Crippen molar-refractivity contribution in [1.29, 1.82) is 0 Å². The Hall–Kier alpha value is -2.45.